The van der Waals surface area contributed by atoms with Crippen LogP contribution in [0.2, 0.25) is 0 Å². The van der Waals surface area contributed by atoms with Crippen molar-refractivity contribution < 1.29 is 4.79 Å². The number of carbonyl (C=O) groups is 1. The summed E-state index contributed by atoms with van der Waals surface area (Å²) in [6.45, 7) is 5.95. The van der Waals surface area contributed by atoms with Crippen molar-refractivity contribution in [3.63, 3.8) is 0 Å². The molecule has 3 nitrogen and oxygen atoms in total. The van der Waals surface area contributed by atoms with Crippen LogP contribution in [-0.4, -0.2) is 26.0 Å². The lowest BCUT2D eigenvalue weighted by Crippen LogP contribution is -2.27. The lowest BCUT2D eigenvalue weighted by Gasteiger charge is -2.12. The van der Waals surface area contributed by atoms with E-state index in [-0.39, 0.29) is 11.8 Å². The number of rotatable bonds is 8. The van der Waals surface area contributed by atoms with Crippen LogP contribution < -0.4 is 10.6 Å². The zero-order valence-corrected chi connectivity index (χ0v) is 12.3. The van der Waals surface area contributed by atoms with E-state index in [2.05, 4.69) is 48.7 Å². The average molecular weight is 262 g/mol. The maximum absolute atomic E-state index is 11.8. The van der Waals surface area contributed by atoms with Gasteiger partial charge in [0.2, 0.25) is 5.91 Å². The Labute approximate surface area is 116 Å². The minimum Gasteiger partial charge on any atom is -0.356 e. The molecule has 3 heteroatoms. The summed E-state index contributed by atoms with van der Waals surface area (Å²) in [6, 6.07) is 8.57. The highest BCUT2D eigenvalue weighted by Crippen LogP contribution is 2.19. The Bertz CT molecular complexity index is 373. The van der Waals surface area contributed by atoms with Gasteiger partial charge in [0, 0.05) is 13.0 Å². The fraction of sp³-hybridized carbons (Fsp3) is 0.562. The van der Waals surface area contributed by atoms with Crippen molar-refractivity contribution in [1.82, 2.24) is 10.6 Å². The van der Waals surface area contributed by atoms with Crippen LogP contribution in [0.3, 0.4) is 0 Å². The van der Waals surface area contributed by atoms with E-state index in [4.69, 9.17) is 0 Å². The van der Waals surface area contributed by atoms with Crippen LogP contribution in [0.5, 0.6) is 0 Å². The maximum Gasteiger partial charge on any atom is 0.220 e. The number of hydrogen-bond donors (Lipinski definition) is 2. The third kappa shape index (κ3) is 5.88. The minimum atomic E-state index is 0.142. The predicted molar refractivity (Wildman–Crippen MR) is 80.4 cm³/mol. The summed E-state index contributed by atoms with van der Waals surface area (Å²) in [4.78, 5) is 11.8. The monoisotopic (exact) mass is 262 g/mol. The molecule has 0 aliphatic heterocycles. The Morgan fingerprint density at radius 1 is 1.21 bits per heavy atom. The average Bonchev–Trinajstić information content (AvgIpc) is 2.43. The van der Waals surface area contributed by atoms with E-state index in [9.17, 15) is 4.79 Å². The molecular weight excluding hydrogens is 236 g/mol. The molecule has 0 aliphatic rings. The molecule has 106 valence electrons. The van der Waals surface area contributed by atoms with Crippen LogP contribution in [0.25, 0.3) is 0 Å². The Kier molecular flexibility index (Phi) is 7.19. The van der Waals surface area contributed by atoms with Gasteiger partial charge in [-0.05, 0) is 43.5 Å². The van der Waals surface area contributed by atoms with Gasteiger partial charge < -0.3 is 10.6 Å². The lowest BCUT2D eigenvalue weighted by atomic mass is 9.96. The summed E-state index contributed by atoms with van der Waals surface area (Å²) in [5.41, 5.74) is 2.58. The van der Waals surface area contributed by atoms with Gasteiger partial charge in [-0.2, -0.15) is 0 Å². The molecule has 19 heavy (non-hydrogen) atoms. The standard InChI is InChI=1S/C16H26N2O/c1-4-14-6-8-15(9-7-14)13(2)12-16(19)18-11-5-10-17-3/h6-9,13,17H,4-5,10-12H2,1-3H3,(H,18,19). The smallest absolute Gasteiger partial charge is 0.220 e. The molecule has 1 amide bonds. The quantitative estimate of drug-likeness (QED) is 0.707. The van der Waals surface area contributed by atoms with Gasteiger partial charge in [0.15, 0.2) is 0 Å². The molecule has 0 saturated carbocycles. The number of hydrogen-bond acceptors (Lipinski definition) is 2. The van der Waals surface area contributed by atoms with Crippen LogP contribution in [0.1, 0.15) is 43.7 Å². The molecule has 0 aromatic heterocycles. The first-order chi connectivity index (χ1) is 9.17. The largest absolute Gasteiger partial charge is 0.356 e. The zero-order chi connectivity index (χ0) is 14.1. The number of benzene rings is 1. The Hall–Kier alpha value is -1.35. The van der Waals surface area contributed by atoms with E-state index >= 15 is 0 Å². The van der Waals surface area contributed by atoms with Gasteiger partial charge >= 0.3 is 0 Å². The molecule has 1 aromatic rings. The van der Waals surface area contributed by atoms with E-state index < -0.39 is 0 Å². The highest BCUT2D eigenvalue weighted by Gasteiger charge is 2.10. The van der Waals surface area contributed by atoms with Gasteiger partial charge in [-0.1, -0.05) is 38.1 Å². The van der Waals surface area contributed by atoms with Crippen LogP contribution >= 0.6 is 0 Å². The Balaban J connectivity index is 2.36. The van der Waals surface area contributed by atoms with Gasteiger partial charge in [0.05, 0.1) is 0 Å². The summed E-state index contributed by atoms with van der Waals surface area (Å²) in [6.07, 6.45) is 2.59. The second kappa shape index (κ2) is 8.70. The molecule has 1 atom stereocenters. The van der Waals surface area contributed by atoms with Gasteiger partial charge in [-0.15, -0.1) is 0 Å². The number of aryl methyl sites for hydroxylation is 1. The Morgan fingerprint density at radius 2 is 1.89 bits per heavy atom. The van der Waals surface area contributed by atoms with Crippen molar-refractivity contribution in [2.75, 3.05) is 20.1 Å². The highest BCUT2D eigenvalue weighted by atomic mass is 16.1. The van der Waals surface area contributed by atoms with E-state index in [1.807, 2.05) is 7.05 Å². The normalized spacial score (nSPS) is 12.2. The molecule has 1 rings (SSSR count). The van der Waals surface area contributed by atoms with E-state index in [1.54, 1.807) is 0 Å². The summed E-state index contributed by atoms with van der Waals surface area (Å²) < 4.78 is 0. The first kappa shape index (κ1) is 15.7. The summed E-state index contributed by atoms with van der Waals surface area (Å²) >= 11 is 0. The van der Waals surface area contributed by atoms with Gasteiger partial charge in [0.25, 0.3) is 0 Å². The Morgan fingerprint density at radius 3 is 2.47 bits per heavy atom. The van der Waals surface area contributed by atoms with E-state index in [1.165, 1.54) is 11.1 Å². The molecule has 0 bridgehead atoms. The highest BCUT2D eigenvalue weighted by molar-refractivity contribution is 5.76. The van der Waals surface area contributed by atoms with Crippen molar-refractivity contribution >= 4 is 5.91 Å². The number of carbonyl (C=O) groups excluding carboxylic acids is 1. The van der Waals surface area contributed by atoms with Crippen LogP contribution in [0.4, 0.5) is 0 Å². The summed E-state index contributed by atoms with van der Waals surface area (Å²) in [5.74, 6) is 0.415. The van der Waals surface area contributed by atoms with Gasteiger partial charge in [0.1, 0.15) is 0 Å². The van der Waals surface area contributed by atoms with Gasteiger partial charge in [-0.3, -0.25) is 4.79 Å². The fourth-order valence-electron chi connectivity index (χ4n) is 2.04. The summed E-state index contributed by atoms with van der Waals surface area (Å²) in [5, 5.41) is 6.03. The molecule has 2 N–H and O–H groups in total. The van der Waals surface area contributed by atoms with Crippen LogP contribution in [0.15, 0.2) is 24.3 Å². The molecule has 1 aromatic carbocycles. The van der Waals surface area contributed by atoms with Crippen LogP contribution in [-0.2, 0) is 11.2 Å². The van der Waals surface area contributed by atoms with Crippen molar-refractivity contribution in [3.8, 4) is 0 Å². The second-order valence-corrected chi connectivity index (χ2v) is 5.01. The lowest BCUT2D eigenvalue weighted by molar-refractivity contribution is -0.121. The minimum absolute atomic E-state index is 0.142. The van der Waals surface area contributed by atoms with Crippen molar-refractivity contribution in [2.45, 2.75) is 39.0 Å². The van der Waals surface area contributed by atoms with Gasteiger partial charge in [-0.25, -0.2) is 0 Å². The maximum atomic E-state index is 11.8. The van der Waals surface area contributed by atoms with E-state index in [0.29, 0.717) is 6.42 Å². The third-order valence-electron chi connectivity index (χ3n) is 3.37. The number of amides is 1. The first-order valence-corrected chi connectivity index (χ1v) is 7.17. The topological polar surface area (TPSA) is 41.1 Å². The molecule has 0 aliphatic carbocycles. The molecule has 1 unspecified atom stereocenters. The molecule has 0 fully saturated rings. The second-order valence-electron chi connectivity index (χ2n) is 5.01. The van der Waals surface area contributed by atoms with Crippen molar-refractivity contribution in [2.24, 2.45) is 0 Å². The molecule has 0 saturated heterocycles. The zero-order valence-electron chi connectivity index (χ0n) is 12.3. The first-order valence-electron chi connectivity index (χ1n) is 7.17. The van der Waals surface area contributed by atoms with Crippen LogP contribution in [0, 0.1) is 0 Å². The number of nitrogens with one attached hydrogen (secondary N) is 2. The fourth-order valence-corrected chi connectivity index (χ4v) is 2.04. The van der Waals surface area contributed by atoms with Crippen molar-refractivity contribution in [3.05, 3.63) is 35.4 Å². The SMILES string of the molecule is CCc1ccc(C(C)CC(=O)NCCCNC)cc1. The molecule has 0 radical (unpaired) electrons. The van der Waals surface area contributed by atoms with Crippen molar-refractivity contribution in [1.29, 1.82) is 0 Å². The molecule has 0 spiro atoms. The third-order valence-corrected chi connectivity index (χ3v) is 3.37. The van der Waals surface area contributed by atoms with E-state index in [0.717, 1.165) is 25.9 Å². The molecule has 0 heterocycles. The molecular formula is C16H26N2O. The predicted octanol–water partition coefficient (Wildman–Crippen LogP) is 2.47. The summed E-state index contributed by atoms with van der Waals surface area (Å²) in [7, 11) is 1.92.